The van der Waals surface area contributed by atoms with Gasteiger partial charge in [-0.3, -0.25) is 4.90 Å². The van der Waals surface area contributed by atoms with Crippen molar-refractivity contribution in [3.8, 4) is 0 Å². The lowest BCUT2D eigenvalue weighted by molar-refractivity contribution is 0.423. The van der Waals surface area contributed by atoms with E-state index in [1.54, 1.807) is 0 Å². The first-order valence-corrected chi connectivity index (χ1v) is 3.21. The molecule has 0 aromatic heterocycles. The SMILES string of the molecule is CC(C)N1CC1CN. The first-order valence-electron chi connectivity index (χ1n) is 3.21. The topological polar surface area (TPSA) is 29.0 Å². The maximum absolute atomic E-state index is 5.42. The van der Waals surface area contributed by atoms with Crippen molar-refractivity contribution in [1.82, 2.24) is 4.90 Å². The number of nitrogens with two attached hydrogens (primary N) is 1. The van der Waals surface area contributed by atoms with Gasteiger partial charge >= 0.3 is 0 Å². The third-order valence-corrected chi connectivity index (χ3v) is 1.69. The van der Waals surface area contributed by atoms with Crippen LogP contribution >= 0.6 is 0 Å². The molecule has 0 aromatic carbocycles. The molecule has 1 heterocycles. The Morgan fingerprint density at radius 3 is 2.50 bits per heavy atom. The zero-order chi connectivity index (χ0) is 6.15. The van der Waals surface area contributed by atoms with Crippen molar-refractivity contribution in [2.24, 2.45) is 5.73 Å². The molecule has 0 spiro atoms. The molecule has 0 radical (unpaired) electrons. The van der Waals surface area contributed by atoms with E-state index in [1.807, 2.05) is 0 Å². The molecule has 2 atom stereocenters. The quantitative estimate of drug-likeness (QED) is 0.513. The first kappa shape index (κ1) is 6.05. The Balaban J connectivity index is 2.16. The van der Waals surface area contributed by atoms with Crippen molar-refractivity contribution in [3.05, 3.63) is 0 Å². The van der Waals surface area contributed by atoms with Gasteiger partial charge in [-0.05, 0) is 13.8 Å². The predicted octanol–water partition coefficient (Wildman–Crippen LogP) is 0.0377. The molecular formula is C6H14N2. The molecule has 0 aliphatic carbocycles. The van der Waals surface area contributed by atoms with Crippen LogP contribution in [0.2, 0.25) is 0 Å². The number of nitrogens with zero attached hydrogens (tertiary/aromatic N) is 1. The molecular weight excluding hydrogens is 100 g/mol. The Labute approximate surface area is 50.7 Å². The van der Waals surface area contributed by atoms with Gasteiger partial charge in [0.15, 0.2) is 0 Å². The Hall–Kier alpha value is -0.0800. The first-order chi connectivity index (χ1) is 3.75. The molecule has 1 saturated heterocycles. The summed E-state index contributed by atoms with van der Waals surface area (Å²) in [6.07, 6.45) is 0. The van der Waals surface area contributed by atoms with E-state index in [0.29, 0.717) is 12.1 Å². The Morgan fingerprint density at radius 1 is 1.75 bits per heavy atom. The van der Waals surface area contributed by atoms with E-state index in [9.17, 15) is 0 Å². The molecule has 8 heavy (non-hydrogen) atoms. The molecule has 1 rings (SSSR count). The van der Waals surface area contributed by atoms with Gasteiger partial charge in [0.25, 0.3) is 0 Å². The maximum Gasteiger partial charge on any atom is 0.0349 e. The summed E-state index contributed by atoms with van der Waals surface area (Å²) >= 11 is 0. The van der Waals surface area contributed by atoms with E-state index in [0.717, 1.165) is 6.54 Å². The van der Waals surface area contributed by atoms with Crippen LogP contribution in [-0.4, -0.2) is 30.1 Å². The molecule has 2 unspecified atom stereocenters. The fourth-order valence-electron chi connectivity index (χ4n) is 1.04. The van der Waals surface area contributed by atoms with Crippen LogP contribution in [0.15, 0.2) is 0 Å². The van der Waals surface area contributed by atoms with E-state index in [-0.39, 0.29) is 0 Å². The van der Waals surface area contributed by atoms with Gasteiger partial charge in [-0.1, -0.05) is 0 Å². The second-order valence-corrected chi connectivity index (χ2v) is 2.68. The number of hydrogen-bond donors (Lipinski definition) is 1. The largest absolute Gasteiger partial charge is 0.329 e. The average molecular weight is 114 g/mol. The van der Waals surface area contributed by atoms with Crippen molar-refractivity contribution in [2.75, 3.05) is 13.1 Å². The van der Waals surface area contributed by atoms with Gasteiger partial charge < -0.3 is 5.73 Å². The summed E-state index contributed by atoms with van der Waals surface area (Å²) < 4.78 is 0. The minimum atomic E-state index is 0.698. The zero-order valence-corrected chi connectivity index (χ0v) is 5.59. The maximum atomic E-state index is 5.42. The van der Waals surface area contributed by atoms with Gasteiger partial charge in [-0.25, -0.2) is 0 Å². The minimum absolute atomic E-state index is 0.698. The highest BCUT2D eigenvalue weighted by molar-refractivity contribution is 4.91. The second kappa shape index (κ2) is 2.03. The second-order valence-electron chi connectivity index (χ2n) is 2.68. The van der Waals surface area contributed by atoms with E-state index in [1.165, 1.54) is 6.54 Å². The fourth-order valence-corrected chi connectivity index (χ4v) is 1.04. The van der Waals surface area contributed by atoms with Crippen molar-refractivity contribution in [1.29, 1.82) is 0 Å². The van der Waals surface area contributed by atoms with Crippen molar-refractivity contribution in [3.63, 3.8) is 0 Å². The van der Waals surface area contributed by atoms with Crippen LogP contribution in [0.1, 0.15) is 13.8 Å². The highest BCUT2D eigenvalue weighted by atomic mass is 15.3. The number of hydrogen-bond acceptors (Lipinski definition) is 2. The minimum Gasteiger partial charge on any atom is -0.329 e. The Morgan fingerprint density at radius 2 is 2.38 bits per heavy atom. The van der Waals surface area contributed by atoms with Crippen LogP contribution in [0.4, 0.5) is 0 Å². The summed E-state index contributed by atoms with van der Waals surface area (Å²) in [5, 5.41) is 0. The fraction of sp³-hybridized carbons (Fsp3) is 1.00. The van der Waals surface area contributed by atoms with E-state index >= 15 is 0 Å². The van der Waals surface area contributed by atoms with Gasteiger partial charge in [0.1, 0.15) is 0 Å². The lowest BCUT2D eigenvalue weighted by Gasteiger charge is -2.04. The van der Waals surface area contributed by atoms with Gasteiger partial charge in [-0.2, -0.15) is 0 Å². The van der Waals surface area contributed by atoms with Gasteiger partial charge in [0.2, 0.25) is 0 Å². The standard InChI is InChI=1S/C6H14N2/c1-5(2)8-4-6(8)3-7/h5-6H,3-4,7H2,1-2H3. The molecule has 1 fully saturated rings. The van der Waals surface area contributed by atoms with E-state index < -0.39 is 0 Å². The van der Waals surface area contributed by atoms with Crippen molar-refractivity contribution in [2.45, 2.75) is 25.9 Å². The summed E-state index contributed by atoms with van der Waals surface area (Å²) in [5.41, 5.74) is 5.42. The lowest BCUT2D eigenvalue weighted by atomic mass is 10.4. The van der Waals surface area contributed by atoms with E-state index in [4.69, 9.17) is 5.73 Å². The van der Waals surface area contributed by atoms with Gasteiger partial charge in [0.05, 0.1) is 0 Å². The monoisotopic (exact) mass is 114 g/mol. The molecule has 0 aromatic rings. The van der Waals surface area contributed by atoms with Crippen LogP contribution in [0.25, 0.3) is 0 Å². The third-order valence-electron chi connectivity index (χ3n) is 1.69. The van der Waals surface area contributed by atoms with Gasteiger partial charge in [0, 0.05) is 25.2 Å². The van der Waals surface area contributed by atoms with Crippen LogP contribution in [-0.2, 0) is 0 Å². The average Bonchev–Trinajstić information content (AvgIpc) is 2.42. The molecule has 2 nitrogen and oxygen atoms in total. The molecule has 2 heteroatoms. The van der Waals surface area contributed by atoms with Crippen LogP contribution in [0, 0.1) is 0 Å². The van der Waals surface area contributed by atoms with Crippen LogP contribution < -0.4 is 5.73 Å². The molecule has 0 bridgehead atoms. The normalized spacial score (nSPS) is 36.0. The van der Waals surface area contributed by atoms with Crippen molar-refractivity contribution < 1.29 is 0 Å². The van der Waals surface area contributed by atoms with Crippen molar-refractivity contribution >= 4 is 0 Å². The Kier molecular flexibility index (Phi) is 1.54. The number of rotatable bonds is 2. The smallest absolute Gasteiger partial charge is 0.0349 e. The molecule has 1 aliphatic heterocycles. The zero-order valence-electron chi connectivity index (χ0n) is 5.59. The highest BCUT2D eigenvalue weighted by Crippen LogP contribution is 2.18. The van der Waals surface area contributed by atoms with Gasteiger partial charge in [-0.15, -0.1) is 0 Å². The third kappa shape index (κ3) is 1.01. The molecule has 1 aliphatic rings. The van der Waals surface area contributed by atoms with Crippen LogP contribution in [0.3, 0.4) is 0 Å². The summed E-state index contributed by atoms with van der Waals surface area (Å²) in [5.74, 6) is 0. The summed E-state index contributed by atoms with van der Waals surface area (Å²) in [7, 11) is 0. The Bertz CT molecular complexity index is 80.6. The molecule has 48 valence electrons. The molecule has 0 amide bonds. The molecule has 2 N–H and O–H groups in total. The summed E-state index contributed by atoms with van der Waals surface area (Å²) in [4.78, 5) is 2.39. The lowest BCUT2D eigenvalue weighted by Crippen LogP contribution is -2.17. The van der Waals surface area contributed by atoms with Crippen LogP contribution in [0.5, 0.6) is 0 Å². The predicted molar refractivity (Wildman–Crippen MR) is 34.7 cm³/mol. The summed E-state index contributed by atoms with van der Waals surface area (Å²) in [6.45, 7) is 6.46. The summed E-state index contributed by atoms with van der Waals surface area (Å²) in [6, 6.07) is 1.40. The van der Waals surface area contributed by atoms with E-state index in [2.05, 4.69) is 18.7 Å². The highest BCUT2D eigenvalue weighted by Gasteiger charge is 2.33. The molecule has 0 saturated carbocycles.